The molecule has 2 N–H and O–H groups in total. The van der Waals surface area contributed by atoms with Gasteiger partial charge in [-0.05, 0) is 66.2 Å². The fourth-order valence-electron chi connectivity index (χ4n) is 6.44. The normalized spacial score (nSPS) is 33.9. The minimum absolute atomic E-state index is 0.138. The van der Waals surface area contributed by atoms with Gasteiger partial charge in [-0.2, -0.15) is 0 Å². The average Bonchev–Trinajstić information content (AvgIpc) is 3.40. The molecule has 5 rings (SSSR count). The number of Topliss-reactive ketones (excluding diaryl/α,β-unsaturated/α-hetero) is 1. The van der Waals surface area contributed by atoms with Gasteiger partial charge >= 0.3 is 6.03 Å². The monoisotopic (exact) mass is 407 g/mol. The first-order valence-corrected chi connectivity index (χ1v) is 10.9. The fourth-order valence-corrected chi connectivity index (χ4v) is 6.44. The van der Waals surface area contributed by atoms with Crippen LogP contribution in [0.1, 0.15) is 50.2 Å². The molecule has 158 valence electrons. The fraction of sp³-hybridized carbons (Fsp3) is 0.542. The van der Waals surface area contributed by atoms with Crippen LogP contribution in [0.2, 0.25) is 0 Å². The van der Waals surface area contributed by atoms with Crippen LogP contribution in [0.5, 0.6) is 0 Å². The molecule has 1 heterocycles. The number of urea groups is 1. The first-order valence-electron chi connectivity index (χ1n) is 10.9. The Kier molecular flexibility index (Phi) is 4.15. The highest BCUT2D eigenvalue weighted by atomic mass is 16.2. The van der Waals surface area contributed by atoms with Gasteiger partial charge in [0.2, 0.25) is 5.78 Å². The number of carbonyl (C=O) groups excluding carboxylic acids is 3. The van der Waals surface area contributed by atoms with E-state index in [4.69, 9.17) is 0 Å². The van der Waals surface area contributed by atoms with Crippen LogP contribution in [0.15, 0.2) is 30.5 Å². The Morgan fingerprint density at radius 1 is 1.27 bits per heavy atom. The molecule has 3 fully saturated rings. The molecule has 4 atom stereocenters. The lowest BCUT2D eigenvalue weighted by atomic mass is 9.79. The van der Waals surface area contributed by atoms with E-state index in [1.807, 2.05) is 18.2 Å². The third-order valence-electron chi connectivity index (χ3n) is 8.19. The van der Waals surface area contributed by atoms with Crippen LogP contribution < -0.4 is 10.6 Å². The van der Waals surface area contributed by atoms with Crippen LogP contribution in [-0.4, -0.2) is 35.2 Å². The second-order valence-electron chi connectivity index (χ2n) is 10.2. The molecule has 6 heteroatoms. The Morgan fingerprint density at radius 2 is 2.03 bits per heavy atom. The number of benzene rings is 1. The van der Waals surface area contributed by atoms with E-state index in [0.29, 0.717) is 47.9 Å². The Bertz CT molecular complexity index is 986. The van der Waals surface area contributed by atoms with Gasteiger partial charge in [0, 0.05) is 37.7 Å². The van der Waals surface area contributed by atoms with Crippen molar-refractivity contribution in [2.75, 3.05) is 12.4 Å². The van der Waals surface area contributed by atoms with Crippen molar-refractivity contribution in [2.45, 2.75) is 57.4 Å². The van der Waals surface area contributed by atoms with Crippen LogP contribution in [0.3, 0.4) is 0 Å². The zero-order valence-corrected chi connectivity index (χ0v) is 17.7. The summed E-state index contributed by atoms with van der Waals surface area (Å²) >= 11 is 0. The van der Waals surface area contributed by atoms with E-state index >= 15 is 0 Å². The summed E-state index contributed by atoms with van der Waals surface area (Å²) in [7, 11) is 1.79. The molecule has 2 unspecified atom stereocenters. The largest absolute Gasteiger partial charge is 0.322 e. The maximum absolute atomic E-state index is 12.6. The van der Waals surface area contributed by atoms with Crippen LogP contribution in [0, 0.1) is 17.3 Å². The van der Waals surface area contributed by atoms with E-state index in [0.717, 1.165) is 17.5 Å². The van der Waals surface area contributed by atoms with Crippen molar-refractivity contribution < 1.29 is 14.4 Å². The van der Waals surface area contributed by atoms with Gasteiger partial charge in [-0.15, -0.1) is 0 Å². The van der Waals surface area contributed by atoms with Crippen molar-refractivity contribution in [1.82, 2.24) is 10.2 Å². The predicted octanol–water partition coefficient (Wildman–Crippen LogP) is 3.42. The highest BCUT2D eigenvalue weighted by Gasteiger charge is 2.50. The molecule has 0 radical (unpaired) electrons. The van der Waals surface area contributed by atoms with Gasteiger partial charge < -0.3 is 15.5 Å². The molecule has 1 aliphatic heterocycles. The van der Waals surface area contributed by atoms with Gasteiger partial charge in [-0.25, -0.2) is 4.79 Å². The second-order valence-corrected chi connectivity index (χ2v) is 10.2. The quantitative estimate of drug-likeness (QED) is 0.751. The summed E-state index contributed by atoms with van der Waals surface area (Å²) in [6, 6.07) is 5.61. The van der Waals surface area contributed by atoms with Gasteiger partial charge in [0.1, 0.15) is 0 Å². The summed E-state index contributed by atoms with van der Waals surface area (Å²) in [5.41, 5.74) is 3.50. The van der Waals surface area contributed by atoms with Crippen LogP contribution >= 0.6 is 0 Å². The molecule has 1 spiro atoms. The van der Waals surface area contributed by atoms with E-state index in [9.17, 15) is 14.4 Å². The van der Waals surface area contributed by atoms with E-state index in [2.05, 4.69) is 24.1 Å². The molecule has 1 aromatic carbocycles. The lowest BCUT2D eigenvalue weighted by molar-refractivity contribution is -0.135. The molecule has 1 aromatic rings. The van der Waals surface area contributed by atoms with Gasteiger partial charge in [0.25, 0.3) is 5.91 Å². The Hall–Kier alpha value is -2.63. The van der Waals surface area contributed by atoms with Crippen molar-refractivity contribution in [2.24, 2.45) is 17.3 Å². The number of nitrogens with zero attached hydrogens (tertiary/aromatic N) is 1. The highest BCUT2D eigenvalue weighted by Crippen LogP contribution is 2.57. The van der Waals surface area contributed by atoms with Crippen molar-refractivity contribution in [3.05, 3.63) is 41.6 Å². The molecule has 3 aliphatic carbocycles. The van der Waals surface area contributed by atoms with Gasteiger partial charge in [0.15, 0.2) is 0 Å². The summed E-state index contributed by atoms with van der Waals surface area (Å²) < 4.78 is 0. The van der Waals surface area contributed by atoms with Gasteiger partial charge in [0.05, 0.1) is 5.54 Å². The number of amides is 3. The molecular formula is C24H29N3O3. The highest BCUT2D eigenvalue weighted by molar-refractivity contribution is 6.40. The number of hydrogen-bond donors (Lipinski definition) is 2. The molecule has 3 amide bonds. The minimum Gasteiger partial charge on any atom is -0.319 e. The summed E-state index contributed by atoms with van der Waals surface area (Å²) in [4.78, 5) is 38.9. The first-order chi connectivity index (χ1) is 14.2. The van der Waals surface area contributed by atoms with Crippen molar-refractivity contribution in [1.29, 1.82) is 0 Å². The van der Waals surface area contributed by atoms with Crippen molar-refractivity contribution in [3.63, 3.8) is 0 Å². The number of hydrogen-bond acceptors (Lipinski definition) is 3. The number of rotatable bonds is 4. The molecule has 2 bridgehead atoms. The van der Waals surface area contributed by atoms with Crippen LogP contribution in [0.25, 0.3) is 0 Å². The summed E-state index contributed by atoms with van der Waals surface area (Å²) in [5.74, 6) is 0.133. The predicted molar refractivity (Wildman–Crippen MR) is 114 cm³/mol. The molecule has 6 nitrogen and oxygen atoms in total. The standard InChI is InChI=1S/C24H29N3O3/c1-14-24(27(3)22(30)25-14)12-15-4-5-19(8-17(15)13-24)26-21(29)20(28)9-18-11-23(2)7-6-16(18)10-23/h4-5,8,16,18H,1,6-7,9-13H2,2-3H3,(H,25,30)(H,26,29)/t16-,18?,23+,24?/m0/s1. The molecule has 1 saturated heterocycles. The Balaban J connectivity index is 1.25. The maximum Gasteiger partial charge on any atom is 0.322 e. The third kappa shape index (κ3) is 2.88. The summed E-state index contributed by atoms with van der Waals surface area (Å²) in [5, 5.41) is 5.62. The van der Waals surface area contributed by atoms with E-state index in [-0.39, 0.29) is 11.8 Å². The maximum atomic E-state index is 12.6. The first kappa shape index (κ1) is 19.3. The van der Waals surface area contributed by atoms with Crippen LogP contribution in [0.4, 0.5) is 10.5 Å². The molecule has 2 saturated carbocycles. The summed E-state index contributed by atoms with van der Waals surface area (Å²) in [6.07, 6.45) is 6.44. The number of nitrogens with one attached hydrogen (secondary N) is 2. The summed E-state index contributed by atoms with van der Waals surface area (Å²) in [6.45, 7) is 6.36. The number of fused-ring (bicyclic) bond motifs is 3. The number of carbonyl (C=O) groups is 3. The lowest BCUT2D eigenvalue weighted by Crippen LogP contribution is -2.44. The smallest absolute Gasteiger partial charge is 0.319 e. The molecule has 0 aromatic heterocycles. The number of ketones is 1. The molecular weight excluding hydrogens is 378 g/mol. The Labute approximate surface area is 177 Å². The Morgan fingerprint density at radius 3 is 2.67 bits per heavy atom. The lowest BCUT2D eigenvalue weighted by Gasteiger charge is -2.30. The van der Waals surface area contributed by atoms with E-state index in [1.54, 1.807) is 11.9 Å². The third-order valence-corrected chi connectivity index (χ3v) is 8.19. The van der Waals surface area contributed by atoms with Gasteiger partial charge in [-0.3, -0.25) is 9.59 Å². The molecule has 4 aliphatic rings. The van der Waals surface area contributed by atoms with E-state index < -0.39 is 11.4 Å². The van der Waals surface area contributed by atoms with Crippen molar-refractivity contribution in [3.8, 4) is 0 Å². The average molecular weight is 408 g/mol. The number of anilines is 1. The van der Waals surface area contributed by atoms with Crippen LogP contribution in [-0.2, 0) is 22.4 Å². The topological polar surface area (TPSA) is 78.5 Å². The minimum atomic E-state index is -0.519. The SMILES string of the molecule is C=C1NC(=O)N(C)C12Cc1ccc(NC(=O)C(=O)CC3C[C@]4(C)CC[C@H]3C4)cc1C2. The number of likely N-dealkylation sites (N-methyl/N-ethyl adjacent to an activating group) is 1. The zero-order valence-electron chi connectivity index (χ0n) is 17.7. The molecule has 30 heavy (non-hydrogen) atoms. The van der Waals surface area contributed by atoms with Gasteiger partial charge in [-0.1, -0.05) is 19.6 Å². The van der Waals surface area contributed by atoms with E-state index in [1.165, 1.54) is 19.3 Å². The zero-order chi connectivity index (χ0) is 21.3. The van der Waals surface area contributed by atoms with Crippen molar-refractivity contribution >= 4 is 23.4 Å². The second kappa shape index (κ2) is 6.43.